The van der Waals surface area contributed by atoms with Crippen LogP contribution < -0.4 is 0 Å². The molecule has 0 saturated heterocycles. The molecule has 0 aromatic rings. The average molecular weight is 208 g/mol. The average Bonchev–Trinajstić information content (AvgIpc) is 2.40. The molecule has 1 atom stereocenters. The summed E-state index contributed by atoms with van der Waals surface area (Å²) in [6, 6.07) is 0. The van der Waals surface area contributed by atoms with Crippen molar-refractivity contribution in [1.29, 1.82) is 0 Å². The Bertz CT molecular complexity index is 271. The van der Waals surface area contributed by atoms with Gasteiger partial charge in [0.15, 0.2) is 0 Å². The number of carbonyl (C=O) groups is 1. The Balaban J connectivity index is 2.53. The van der Waals surface area contributed by atoms with Crippen LogP contribution in [0.2, 0.25) is 0 Å². The summed E-state index contributed by atoms with van der Waals surface area (Å²) in [6.07, 6.45) is 6.81. The van der Waals surface area contributed by atoms with E-state index in [1.54, 1.807) is 0 Å². The second-order valence-corrected chi connectivity index (χ2v) is 6.19. The summed E-state index contributed by atoms with van der Waals surface area (Å²) < 4.78 is 0. The minimum absolute atomic E-state index is 0.146. The third-order valence-corrected chi connectivity index (χ3v) is 4.20. The second-order valence-electron chi connectivity index (χ2n) is 6.19. The van der Waals surface area contributed by atoms with Crippen LogP contribution in [0.1, 0.15) is 53.9 Å². The lowest BCUT2D eigenvalue weighted by Gasteiger charge is -2.31. The fourth-order valence-corrected chi connectivity index (χ4v) is 2.28. The Labute approximate surface area is 93.9 Å². The van der Waals surface area contributed by atoms with Gasteiger partial charge in [-0.1, -0.05) is 39.3 Å². The highest BCUT2D eigenvalue weighted by Gasteiger charge is 2.35. The molecule has 0 bridgehead atoms. The summed E-state index contributed by atoms with van der Waals surface area (Å²) in [4.78, 5) is 10.8. The van der Waals surface area contributed by atoms with Gasteiger partial charge in [-0.15, -0.1) is 0 Å². The summed E-state index contributed by atoms with van der Waals surface area (Å²) in [6.45, 7) is 10.9. The number of hydrogen-bond donors (Lipinski definition) is 0. The highest BCUT2D eigenvalue weighted by atomic mass is 16.1. The molecule has 0 aromatic carbocycles. The maximum absolute atomic E-state index is 10.8. The molecule has 0 radical (unpaired) electrons. The molecule has 0 spiro atoms. The number of hydrogen-bond acceptors (Lipinski definition) is 1. The summed E-state index contributed by atoms with van der Waals surface area (Å²) >= 11 is 0. The molecule has 1 heteroatoms. The van der Waals surface area contributed by atoms with Gasteiger partial charge in [0.25, 0.3) is 0 Å². The minimum atomic E-state index is -0.146. The van der Waals surface area contributed by atoms with E-state index in [4.69, 9.17) is 0 Å². The molecule has 1 rings (SSSR count). The zero-order valence-electron chi connectivity index (χ0n) is 10.8. The van der Waals surface area contributed by atoms with Crippen molar-refractivity contribution in [3.05, 3.63) is 11.6 Å². The molecule has 0 N–H and O–H groups in total. The van der Waals surface area contributed by atoms with Crippen molar-refractivity contribution in [3.63, 3.8) is 0 Å². The Kier molecular flexibility index (Phi) is 3.42. The van der Waals surface area contributed by atoms with Gasteiger partial charge >= 0.3 is 0 Å². The molecular formula is C14H24O. The van der Waals surface area contributed by atoms with Crippen molar-refractivity contribution in [1.82, 2.24) is 0 Å². The van der Waals surface area contributed by atoms with Crippen LogP contribution in [0.3, 0.4) is 0 Å². The van der Waals surface area contributed by atoms with Gasteiger partial charge in [-0.2, -0.15) is 0 Å². The second kappa shape index (κ2) is 4.11. The van der Waals surface area contributed by atoms with Crippen LogP contribution in [0.25, 0.3) is 0 Å². The lowest BCUT2D eigenvalue weighted by Crippen LogP contribution is -2.23. The molecule has 0 amide bonds. The van der Waals surface area contributed by atoms with Gasteiger partial charge in [0, 0.05) is 5.41 Å². The highest BCUT2D eigenvalue weighted by Crippen LogP contribution is 2.46. The van der Waals surface area contributed by atoms with E-state index in [1.165, 1.54) is 12.0 Å². The van der Waals surface area contributed by atoms with Gasteiger partial charge < -0.3 is 4.79 Å². The number of rotatable bonds is 4. The molecule has 1 unspecified atom stereocenters. The predicted molar refractivity (Wildman–Crippen MR) is 64.7 cm³/mol. The first-order chi connectivity index (χ1) is 6.79. The fraction of sp³-hybridized carbons (Fsp3) is 0.786. The van der Waals surface area contributed by atoms with Crippen LogP contribution in [-0.2, 0) is 4.79 Å². The van der Waals surface area contributed by atoms with Crippen molar-refractivity contribution in [2.45, 2.75) is 53.9 Å². The molecule has 0 saturated carbocycles. The van der Waals surface area contributed by atoms with Gasteiger partial charge in [-0.3, -0.25) is 0 Å². The number of aldehydes is 1. The van der Waals surface area contributed by atoms with Crippen LogP contribution in [-0.4, -0.2) is 6.29 Å². The normalized spacial score (nSPS) is 25.1. The van der Waals surface area contributed by atoms with Crippen LogP contribution in [0.15, 0.2) is 11.6 Å². The van der Waals surface area contributed by atoms with Gasteiger partial charge in [-0.05, 0) is 37.5 Å². The molecule has 0 fully saturated rings. The van der Waals surface area contributed by atoms with E-state index in [2.05, 4.69) is 26.8 Å². The molecule has 15 heavy (non-hydrogen) atoms. The molecule has 0 aromatic heterocycles. The van der Waals surface area contributed by atoms with E-state index in [1.807, 2.05) is 13.8 Å². The van der Waals surface area contributed by atoms with Crippen molar-refractivity contribution >= 4 is 6.29 Å². The maximum atomic E-state index is 10.8. The van der Waals surface area contributed by atoms with Crippen LogP contribution in [0.4, 0.5) is 0 Å². The Morgan fingerprint density at radius 3 is 2.53 bits per heavy atom. The van der Waals surface area contributed by atoms with Crippen molar-refractivity contribution in [2.24, 2.45) is 16.7 Å². The van der Waals surface area contributed by atoms with Gasteiger partial charge in [-0.25, -0.2) is 0 Å². The number of allylic oxidation sites excluding steroid dienone is 2. The molecule has 0 heterocycles. The van der Waals surface area contributed by atoms with E-state index in [0.717, 1.165) is 25.0 Å². The Morgan fingerprint density at radius 1 is 1.53 bits per heavy atom. The summed E-state index contributed by atoms with van der Waals surface area (Å²) in [5.74, 6) is 0.719. The Morgan fingerprint density at radius 2 is 2.13 bits per heavy atom. The van der Waals surface area contributed by atoms with Crippen LogP contribution in [0.5, 0.6) is 0 Å². The van der Waals surface area contributed by atoms with Crippen LogP contribution >= 0.6 is 0 Å². The molecule has 1 nitrogen and oxygen atoms in total. The standard InChI is InChI=1S/C14H24O/c1-11-6-7-12(14(11,4)5)8-9-13(2,3)10-15/h6,10,12H,7-9H2,1-5H3. The topological polar surface area (TPSA) is 17.1 Å². The molecule has 1 aliphatic rings. The van der Waals surface area contributed by atoms with Crippen molar-refractivity contribution < 1.29 is 4.79 Å². The van der Waals surface area contributed by atoms with E-state index in [9.17, 15) is 4.79 Å². The van der Waals surface area contributed by atoms with E-state index in [0.29, 0.717) is 5.41 Å². The van der Waals surface area contributed by atoms with Crippen molar-refractivity contribution in [2.75, 3.05) is 0 Å². The quantitative estimate of drug-likeness (QED) is 0.504. The third kappa shape index (κ3) is 2.70. The molecule has 1 aliphatic carbocycles. The van der Waals surface area contributed by atoms with Crippen molar-refractivity contribution in [3.8, 4) is 0 Å². The lowest BCUT2D eigenvalue weighted by atomic mass is 9.73. The molecular weight excluding hydrogens is 184 g/mol. The first kappa shape index (κ1) is 12.5. The largest absolute Gasteiger partial charge is 0.303 e. The first-order valence-electron chi connectivity index (χ1n) is 5.93. The smallest absolute Gasteiger partial charge is 0.125 e. The predicted octanol–water partition coefficient (Wildman–Crippen LogP) is 3.98. The van der Waals surface area contributed by atoms with Crippen LogP contribution in [0, 0.1) is 16.7 Å². The first-order valence-corrected chi connectivity index (χ1v) is 5.93. The van der Waals surface area contributed by atoms with E-state index in [-0.39, 0.29) is 5.41 Å². The highest BCUT2D eigenvalue weighted by molar-refractivity contribution is 5.57. The number of carbonyl (C=O) groups excluding carboxylic acids is 1. The monoisotopic (exact) mass is 208 g/mol. The summed E-state index contributed by atoms with van der Waals surface area (Å²) in [7, 11) is 0. The zero-order chi connectivity index (χ0) is 11.7. The van der Waals surface area contributed by atoms with E-state index < -0.39 is 0 Å². The SMILES string of the molecule is CC1=CCC(CCC(C)(C)C=O)C1(C)C. The molecule has 86 valence electrons. The third-order valence-electron chi connectivity index (χ3n) is 4.20. The van der Waals surface area contributed by atoms with E-state index >= 15 is 0 Å². The maximum Gasteiger partial charge on any atom is 0.125 e. The zero-order valence-corrected chi connectivity index (χ0v) is 10.8. The Hall–Kier alpha value is -0.590. The van der Waals surface area contributed by atoms with Gasteiger partial charge in [0.1, 0.15) is 6.29 Å². The summed E-state index contributed by atoms with van der Waals surface area (Å²) in [5, 5.41) is 0. The lowest BCUT2D eigenvalue weighted by molar-refractivity contribution is -0.115. The van der Waals surface area contributed by atoms with Gasteiger partial charge in [0.05, 0.1) is 0 Å². The van der Waals surface area contributed by atoms with Gasteiger partial charge in [0.2, 0.25) is 0 Å². The summed E-state index contributed by atoms with van der Waals surface area (Å²) in [5.41, 5.74) is 1.70. The molecule has 0 aliphatic heterocycles. The fourth-order valence-electron chi connectivity index (χ4n) is 2.28. The minimum Gasteiger partial charge on any atom is -0.303 e.